The second kappa shape index (κ2) is 6.57. The molecule has 2 aromatic heterocycles. The summed E-state index contributed by atoms with van der Waals surface area (Å²) in [7, 11) is 0. The van der Waals surface area contributed by atoms with E-state index in [1.165, 1.54) is 6.07 Å². The molecule has 6 heteroatoms. The highest BCUT2D eigenvalue weighted by atomic mass is 16.4. The lowest BCUT2D eigenvalue weighted by Gasteiger charge is -2.11. The van der Waals surface area contributed by atoms with Crippen LogP contribution in [-0.2, 0) is 0 Å². The van der Waals surface area contributed by atoms with Gasteiger partial charge >= 0.3 is 5.63 Å². The fraction of sp³-hybridized carbons (Fsp3) is 0.0952. The summed E-state index contributed by atoms with van der Waals surface area (Å²) in [5.74, 6) is -0.0522. The predicted molar refractivity (Wildman–Crippen MR) is 103 cm³/mol. The zero-order valence-electron chi connectivity index (χ0n) is 14.9. The molecular formula is C21H17N3O3. The molecule has 0 saturated heterocycles. The van der Waals surface area contributed by atoms with Gasteiger partial charge in [-0.05, 0) is 37.6 Å². The van der Waals surface area contributed by atoms with Crippen LogP contribution in [0.5, 0.6) is 0 Å². The van der Waals surface area contributed by atoms with Crippen molar-refractivity contribution in [3.63, 3.8) is 0 Å². The van der Waals surface area contributed by atoms with Crippen LogP contribution in [0.3, 0.4) is 0 Å². The number of fused-ring (bicyclic) bond motifs is 1. The number of benzene rings is 2. The van der Waals surface area contributed by atoms with Crippen LogP contribution in [0.2, 0.25) is 0 Å². The van der Waals surface area contributed by atoms with Crippen LogP contribution in [0, 0.1) is 13.8 Å². The minimum atomic E-state index is -0.676. The Morgan fingerprint density at radius 3 is 2.59 bits per heavy atom. The van der Waals surface area contributed by atoms with Gasteiger partial charge in [-0.2, -0.15) is 5.10 Å². The third-order valence-electron chi connectivity index (χ3n) is 4.30. The van der Waals surface area contributed by atoms with Crippen LogP contribution in [0.25, 0.3) is 16.7 Å². The maximum absolute atomic E-state index is 12.7. The number of hydrogen-bond donors (Lipinski definition) is 1. The Balaban J connectivity index is 1.73. The Labute approximate surface area is 155 Å². The first-order valence-corrected chi connectivity index (χ1v) is 8.50. The SMILES string of the molecule is Cc1cc(NC(=O)c2cc3ccccc3oc2=O)n(-c2ccccc2C)n1. The van der Waals surface area contributed by atoms with Crippen molar-refractivity contribution in [2.75, 3.05) is 5.32 Å². The van der Waals surface area contributed by atoms with Gasteiger partial charge in [-0.3, -0.25) is 4.79 Å². The normalized spacial score (nSPS) is 10.9. The topological polar surface area (TPSA) is 77.1 Å². The van der Waals surface area contributed by atoms with Crippen LogP contribution < -0.4 is 10.9 Å². The summed E-state index contributed by atoms with van der Waals surface area (Å²) in [4.78, 5) is 25.0. The van der Waals surface area contributed by atoms with Crippen LogP contribution in [0.15, 0.2) is 69.9 Å². The number of anilines is 1. The zero-order chi connectivity index (χ0) is 19.0. The van der Waals surface area contributed by atoms with Gasteiger partial charge in [-0.15, -0.1) is 0 Å². The summed E-state index contributed by atoms with van der Waals surface area (Å²) in [6, 6.07) is 18.1. The molecule has 0 fully saturated rings. The van der Waals surface area contributed by atoms with E-state index in [0.29, 0.717) is 16.8 Å². The van der Waals surface area contributed by atoms with Crippen LogP contribution in [0.1, 0.15) is 21.6 Å². The molecule has 0 bridgehead atoms. The molecule has 6 nitrogen and oxygen atoms in total. The van der Waals surface area contributed by atoms with Gasteiger partial charge in [0.2, 0.25) is 0 Å². The molecule has 4 rings (SSSR count). The number of para-hydroxylation sites is 2. The van der Waals surface area contributed by atoms with Gasteiger partial charge in [-0.1, -0.05) is 36.4 Å². The molecule has 0 aliphatic rings. The molecule has 0 aliphatic heterocycles. The number of aromatic nitrogens is 2. The molecule has 4 aromatic rings. The molecule has 0 atom stereocenters. The summed E-state index contributed by atoms with van der Waals surface area (Å²) < 4.78 is 6.91. The highest BCUT2D eigenvalue weighted by molar-refractivity contribution is 6.05. The van der Waals surface area contributed by atoms with Crippen molar-refractivity contribution in [3.8, 4) is 5.69 Å². The maximum atomic E-state index is 12.7. The molecule has 0 spiro atoms. The highest BCUT2D eigenvalue weighted by Gasteiger charge is 2.17. The highest BCUT2D eigenvalue weighted by Crippen LogP contribution is 2.21. The third kappa shape index (κ3) is 3.13. The summed E-state index contributed by atoms with van der Waals surface area (Å²) >= 11 is 0. The minimum absolute atomic E-state index is 0.0520. The van der Waals surface area contributed by atoms with Crippen molar-refractivity contribution < 1.29 is 9.21 Å². The Kier molecular flexibility index (Phi) is 4.08. The number of nitrogens with one attached hydrogen (secondary N) is 1. The predicted octanol–water partition coefficient (Wildman–Crippen LogP) is 3.85. The van der Waals surface area contributed by atoms with E-state index in [4.69, 9.17) is 4.42 Å². The lowest BCUT2D eigenvalue weighted by atomic mass is 10.2. The van der Waals surface area contributed by atoms with Crippen molar-refractivity contribution in [1.29, 1.82) is 0 Å². The Morgan fingerprint density at radius 2 is 1.78 bits per heavy atom. The van der Waals surface area contributed by atoms with Crippen LogP contribution in [0.4, 0.5) is 5.82 Å². The van der Waals surface area contributed by atoms with Crippen molar-refractivity contribution in [2.45, 2.75) is 13.8 Å². The fourth-order valence-corrected chi connectivity index (χ4v) is 2.98. The molecule has 1 amide bonds. The van der Waals surface area contributed by atoms with Gasteiger partial charge in [-0.25, -0.2) is 9.48 Å². The molecule has 1 N–H and O–H groups in total. The number of rotatable bonds is 3. The number of hydrogen-bond acceptors (Lipinski definition) is 4. The van der Waals surface area contributed by atoms with Crippen molar-refractivity contribution in [3.05, 3.63) is 87.9 Å². The lowest BCUT2D eigenvalue weighted by Crippen LogP contribution is -2.22. The Morgan fingerprint density at radius 1 is 1.04 bits per heavy atom. The molecule has 2 heterocycles. The monoisotopic (exact) mass is 359 g/mol. The zero-order valence-corrected chi connectivity index (χ0v) is 14.9. The second-order valence-electron chi connectivity index (χ2n) is 6.31. The number of carbonyl (C=O) groups excluding carboxylic acids is 1. The Hall–Kier alpha value is -3.67. The van der Waals surface area contributed by atoms with Crippen molar-refractivity contribution >= 4 is 22.7 Å². The number of carbonyl (C=O) groups is 1. The van der Waals surface area contributed by atoms with E-state index in [1.807, 2.05) is 44.2 Å². The fourth-order valence-electron chi connectivity index (χ4n) is 2.98. The summed E-state index contributed by atoms with van der Waals surface area (Å²) in [6.07, 6.45) is 0. The summed E-state index contributed by atoms with van der Waals surface area (Å²) in [5.41, 5.74) is 2.33. The van der Waals surface area contributed by atoms with Crippen LogP contribution in [-0.4, -0.2) is 15.7 Å². The van der Waals surface area contributed by atoms with E-state index in [0.717, 1.165) is 16.9 Å². The molecule has 27 heavy (non-hydrogen) atoms. The van der Waals surface area contributed by atoms with E-state index >= 15 is 0 Å². The average molecular weight is 359 g/mol. The van der Waals surface area contributed by atoms with Gasteiger partial charge in [0.15, 0.2) is 0 Å². The van der Waals surface area contributed by atoms with Gasteiger partial charge in [0.05, 0.1) is 11.4 Å². The summed E-state index contributed by atoms with van der Waals surface area (Å²) in [6.45, 7) is 3.81. The lowest BCUT2D eigenvalue weighted by molar-refractivity contribution is 0.102. The number of nitrogens with zero attached hydrogens (tertiary/aromatic N) is 2. The van der Waals surface area contributed by atoms with E-state index in [2.05, 4.69) is 10.4 Å². The maximum Gasteiger partial charge on any atom is 0.349 e. The van der Waals surface area contributed by atoms with E-state index < -0.39 is 11.5 Å². The van der Waals surface area contributed by atoms with E-state index in [-0.39, 0.29) is 5.56 Å². The van der Waals surface area contributed by atoms with E-state index in [1.54, 1.807) is 28.9 Å². The summed E-state index contributed by atoms with van der Waals surface area (Å²) in [5, 5.41) is 7.93. The molecule has 0 saturated carbocycles. The van der Waals surface area contributed by atoms with Crippen molar-refractivity contribution in [1.82, 2.24) is 9.78 Å². The van der Waals surface area contributed by atoms with Crippen LogP contribution >= 0.6 is 0 Å². The first kappa shape index (κ1) is 16.8. The number of aryl methyl sites for hydroxylation is 2. The Bertz CT molecular complexity index is 1220. The minimum Gasteiger partial charge on any atom is -0.422 e. The van der Waals surface area contributed by atoms with Gasteiger partial charge < -0.3 is 9.73 Å². The van der Waals surface area contributed by atoms with Crippen molar-refractivity contribution in [2.24, 2.45) is 0 Å². The second-order valence-corrected chi connectivity index (χ2v) is 6.31. The first-order chi connectivity index (χ1) is 13.0. The van der Waals surface area contributed by atoms with Gasteiger partial charge in [0, 0.05) is 11.5 Å². The quantitative estimate of drug-likeness (QED) is 0.564. The van der Waals surface area contributed by atoms with Gasteiger partial charge in [0.25, 0.3) is 5.91 Å². The molecule has 0 radical (unpaired) electrons. The molecule has 0 unspecified atom stereocenters. The smallest absolute Gasteiger partial charge is 0.349 e. The molecule has 2 aromatic carbocycles. The molecular weight excluding hydrogens is 342 g/mol. The largest absolute Gasteiger partial charge is 0.422 e. The van der Waals surface area contributed by atoms with Gasteiger partial charge in [0.1, 0.15) is 17.0 Å². The first-order valence-electron chi connectivity index (χ1n) is 8.50. The average Bonchev–Trinajstić information content (AvgIpc) is 3.01. The molecule has 0 aliphatic carbocycles. The standard InChI is InChI=1S/C21H17N3O3/c1-13-7-3-5-9-17(13)24-19(11-14(2)23-24)22-20(25)16-12-15-8-4-6-10-18(15)27-21(16)26/h3-12H,1-2H3,(H,22,25). The van der Waals surface area contributed by atoms with E-state index in [9.17, 15) is 9.59 Å². The number of amides is 1. The molecule has 134 valence electrons. The third-order valence-corrected chi connectivity index (χ3v) is 4.30.